The van der Waals surface area contributed by atoms with Crippen LogP contribution in [0.25, 0.3) is 0 Å². The highest BCUT2D eigenvalue weighted by Crippen LogP contribution is 2.43. The predicted octanol–water partition coefficient (Wildman–Crippen LogP) is 2.54. The van der Waals surface area contributed by atoms with Crippen LogP contribution >= 0.6 is 21.0 Å². The van der Waals surface area contributed by atoms with Crippen LogP contribution in [-0.2, 0) is 6.42 Å². The van der Waals surface area contributed by atoms with Gasteiger partial charge in [0.05, 0.1) is 0 Å². The molecule has 0 radical (unpaired) electrons. The van der Waals surface area contributed by atoms with Gasteiger partial charge in [-0.3, -0.25) is 4.67 Å². The standard InChI is InChI=1S/C12H16ClN2OP/c1-12-4-5-15(17)7-9(12)16-11-8(6-12)2-3-10(13)14-11/h2-3,9H,4-7,17H2,1H3/t9-,12-/m0/s1. The number of halogens is 1. The maximum atomic E-state index is 6.04. The number of pyridine rings is 1. The molecular weight excluding hydrogens is 255 g/mol. The molecule has 3 heterocycles. The molecule has 0 spiro atoms. The molecule has 1 fully saturated rings. The molecule has 0 aromatic carbocycles. The van der Waals surface area contributed by atoms with Crippen LogP contribution in [0.3, 0.4) is 0 Å². The van der Waals surface area contributed by atoms with Crippen LogP contribution in [0.5, 0.6) is 5.88 Å². The summed E-state index contributed by atoms with van der Waals surface area (Å²) in [5.41, 5.74) is 1.42. The number of rotatable bonds is 0. The second kappa shape index (κ2) is 4.08. The fourth-order valence-electron chi connectivity index (χ4n) is 2.72. The molecular formula is C12H16ClN2OP. The van der Waals surface area contributed by atoms with Gasteiger partial charge in [-0.25, -0.2) is 4.98 Å². The monoisotopic (exact) mass is 270 g/mol. The second-order valence-corrected chi connectivity index (χ2v) is 6.40. The lowest BCUT2D eigenvalue weighted by atomic mass is 9.72. The summed E-state index contributed by atoms with van der Waals surface area (Å²) in [7, 11) is 2.76. The summed E-state index contributed by atoms with van der Waals surface area (Å²) in [6.07, 6.45) is 2.41. The highest BCUT2D eigenvalue weighted by molar-refractivity contribution is 7.13. The molecule has 1 saturated heterocycles. The van der Waals surface area contributed by atoms with E-state index in [4.69, 9.17) is 16.3 Å². The van der Waals surface area contributed by atoms with Gasteiger partial charge in [-0.15, -0.1) is 0 Å². The molecule has 0 bridgehead atoms. The number of nitrogens with zero attached hydrogens (tertiary/aromatic N) is 2. The summed E-state index contributed by atoms with van der Waals surface area (Å²) >= 11 is 5.91. The molecule has 3 nitrogen and oxygen atoms in total. The second-order valence-electron chi connectivity index (χ2n) is 5.28. The normalized spacial score (nSPS) is 32.5. The third kappa shape index (κ3) is 2.05. The highest BCUT2D eigenvalue weighted by Gasteiger charge is 2.44. The van der Waals surface area contributed by atoms with Gasteiger partial charge in [-0.1, -0.05) is 34.0 Å². The summed E-state index contributed by atoms with van der Waals surface area (Å²) in [5.74, 6) is 0.722. The Morgan fingerprint density at radius 3 is 3.24 bits per heavy atom. The minimum absolute atomic E-state index is 0.215. The number of hydrogen-bond donors (Lipinski definition) is 0. The molecule has 3 atom stereocenters. The van der Waals surface area contributed by atoms with Crippen molar-refractivity contribution in [2.24, 2.45) is 5.41 Å². The Balaban J connectivity index is 1.95. The Morgan fingerprint density at radius 1 is 1.59 bits per heavy atom. The lowest BCUT2D eigenvalue weighted by molar-refractivity contribution is -0.0106. The van der Waals surface area contributed by atoms with Crippen molar-refractivity contribution in [1.29, 1.82) is 0 Å². The summed E-state index contributed by atoms with van der Waals surface area (Å²) in [5, 5.41) is 0.505. The first kappa shape index (κ1) is 11.7. The first-order valence-corrected chi connectivity index (χ1v) is 6.78. The Bertz CT molecular complexity index is 456. The van der Waals surface area contributed by atoms with Crippen molar-refractivity contribution >= 4 is 21.0 Å². The van der Waals surface area contributed by atoms with E-state index in [-0.39, 0.29) is 11.5 Å². The van der Waals surface area contributed by atoms with Gasteiger partial charge in [-0.2, -0.15) is 0 Å². The van der Waals surface area contributed by atoms with Crippen LogP contribution in [-0.4, -0.2) is 28.8 Å². The van der Waals surface area contributed by atoms with Crippen molar-refractivity contribution in [3.05, 3.63) is 22.8 Å². The largest absolute Gasteiger partial charge is 0.472 e. The Kier molecular flexibility index (Phi) is 2.81. The van der Waals surface area contributed by atoms with Gasteiger partial charge < -0.3 is 4.74 Å². The lowest BCUT2D eigenvalue weighted by Crippen LogP contribution is -2.52. The molecule has 5 heteroatoms. The van der Waals surface area contributed by atoms with E-state index >= 15 is 0 Å². The maximum Gasteiger partial charge on any atom is 0.218 e. The summed E-state index contributed by atoms with van der Waals surface area (Å²) < 4.78 is 8.28. The zero-order valence-electron chi connectivity index (χ0n) is 9.82. The molecule has 0 aliphatic carbocycles. The van der Waals surface area contributed by atoms with E-state index in [0.29, 0.717) is 5.15 Å². The van der Waals surface area contributed by atoms with Crippen LogP contribution < -0.4 is 4.74 Å². The molecule has 1 aromatic rings. The van der Waals surface area contributed by atoms with Gasteiger partial charge in [-0.05, 0) is 18.9 Å². The van der Waals surface area contributed by atoms with Crippen molar-refractivity contribution < 1.29 is 4.74 Å². The van der Waals surface area contributed by atoms with Gasteiger partial charge in [0.25, 0.3) is 0 Å². The molecule has 0 N–H and O–H groups in total. The Labute approximate surface area is 109 Å². The molecule has 0 saturated carbocycles. The van der Waals surface area contributed by atoms with Crippen LogP contribution in [0.1, 0.15) is 18.9 Å². The molecule has 1 unspecified atom stereocenters. The van der Waals surface area contributed by atoms with Crippen molar-refractivity contribution in [3.63, 3.8) is 0 Å². The number of aromatic nitrogens is 1. The van der Waals surface area contributed by atoms with E-state index in [0.717, 1.165) is 31.8 Å². The fourth-order valence-corrected chi connectivity index (χ4v) is 3.18. The fraction of sp³-hybridized carbons (Fsp3) is 0.583. The van der Waals surface area contributed by atoms with Gasteiger partial charge in [0.2, 0.25) is 5.88 Å². The molecule has 3 rings (SSSR count). The number of hydrogen-bond acceptors (Lipinski definition) is 3. The molecule has 1 aromatic heterocycles. The first-order chi connectivity index (χ1) is 8.07. The van der Waals surface area contributed by atoms with E-state index in [1.807, 2.05) is 12.1 Å². The number of piperidine rings is 1. The molecule has 92 valence electrons. The van der Waals surface area contributed by atoms with E-state index in [9.17, 15) is 0 Å². The van der Waals surface area contributed by atoms with Gasteiger partial charge >= 0.3 is 0 Å². The van der Waals surface area contributed by atoms with E-state index < -0.39 is 0 Å². The zero-order valence-corrected chi connectivity index (χ0v) is 11.7. The SMILES string of the molecule is C[C@@]12CCN(P)C[C@@H]1Oc1nc(Cl)ccc1C2. The Morgan fingerprint density at radius 2 is 2.41 bits per heavy atom. The smallest absolute Gasteiger partial charge is 0.218 e. The Hall–Kier alpha value is -0.370. The summed E-state index contributed by atoms with van der Waals surface area (Å²) in [4.78, 5) is 4.28. The van der Waals surface area contributed by atoms with E-state index in [2.05, 4.69) is 26.0 Å². The van der Waals surface area contributed by atoms with Crippen molar-refractivity contribution in [2.45, 2.75) is 25.9 Å². The minimum Gasteiger partial charge on any atom is -0.472 e. The van der Waals surface area contributed by atoms with E-state index in [1.54, 1.807) is 0 Å². The average Bonchev–Trinajstić information content (AvgIpc) is 2.28. The van der Waals surface area contributed by atoms with Crippen LogP contribution in [0, 0.1) is 5.41 Å². The van der Waals surface area contributed by atoms with Gasteiger partial charge in [0.1, 0.15) is 11.3 Å². The lowest BCUT2D eigenvalue weighted by Gasteiger charge is -2.47. The highest BCUT2D eigenvalue weighted by atomic mass is 35.5. The topological polar surface area (TPSA) is 25.4 Å². The molecule has 2 aliphatic rings. The quantitative estimate of drug-likeness (QED) is 0.535. The average molecular weight is 271 g/mol. The third-order valence-corrected chi connectivity index (χ3v) is 4.58. The number of ether oxygens (including phenoxy) is 1. The van der Waals surface area contributed by atoms with Crippen molar-refractivity contribution in [1.82, 2.24) is 9.65 Å². The van der Waals surface area contributed by atoms with E-state index in [1.165, 1.54) is 5.56 Å². The van der Waals surface area contributed by atoms with Crippen molar-refractivity contribution in [3.8, 4) is 5.88 Å². The van der Waals surface area contributed by atoms with Crippen LogP contribution in [0.15, 0.2) is 12.1 Å². The van der Waals surface area contributed by atoms with Crippen molar-refractivity contribution in [2.75, 3.05) is 13.1 Å². The summed E-state index contributed by atoms with van der Waals surface area (Å²) in [6, 6.07) is 3.89. The summed E-state index contributed by atoms with van der Waals surface area (Å²) in [6.45, 7) is 4.36. The number of fused-ring (bicyclic) bond motifs is 2. The predicted molar refractivity (Wildman–Crippen MR) is 71.4 cm³/mol. The zero-order chi connectivity index (χ0) is 12.0. The van der Waals surface area contributed by atoms with Gasteiger partial charge in [0, 0.05) is 24.1 Å². The molecule has 2 aliphatic heterocycles. The van der Waals surface area contributed by atoms with Gasteiger partial charge in [0.15, 0.2) is 0 Å². The van der Waals surface area contributed by atoms with Crippen LogP contribution in [0.4, 0.5) is 0 Å². The molecule has 0 amide bonds. The van der Waals surface area contributed by atoms with Crippen LogP contribution in [0.2, 0.25) is 5.15 Å². The molecule has 17 heavy (non-hydrogen) atoms. The third-order valence-electron chi connectivity index (χ3n) is 3.90. The maximum absolute atomic E-state index is 6.04. The minimum atomic E-state index is 0.215. The first-order valence-electron chi connectivity index (χ1n) is 5.88.